The fraction of sp³-hybridized carbons (Fsp3) is 0.571. The molecular weight excluding hydrogens is 212 g/mol. The fourth-order valence-corrected chi connectivity index (χ4v) is 2.26. The monoisotopic (exact) mass is 234 g/mol. The Morgan fingerprint density at radius 2 is 2.24 bits per heavy atom. The molecule has 0 radical (unpaired) electrons. The van der Waals surface area contributed by atoms with Gasteiger partial charge in [0.1, 0.15) is 12.4 Å². The Hall–Kier alpha value is -1.22. The summed E-state index contributed by atoms with van der Waals surface area (Å²) in [7, 11) is 2.13. The van der Waals surface area contributed by atoms with Crippen LogP contribution in [0.15, 0.2) is 18.2 Å². The van der Waals surface area contributed by atoms with Crippen LogP contribution in [-0.2, 0) is 0 Å². The summed E-state index contributed by atoms with van der Waals surface area (Å²) >= 11 is 0. The number of likely N-dealkylation sites (N-methyl/N-ethyl adjacent to an activating group) is 1. The number of rotatable bonds is 3. The van der Waals surface area contributed by atoms with E-state index in [1.807, 2.05) is 0 Å². The number of ether oxygens (including phenoxy) is 1. The maximum atomic E-state index is 5.80. The van der Waals surface area contributed by atoms with Crippen molar-refractivity contribution in [2.24, 2.45) is 5.73 Å². The topological polar surface area (TPSA) is 38.5 Å². The largest absolute Gasteiger partial charge is 0.489 e. The molecule has 0 aromatic heterocycles. The summed E-state index contributed by atoms with van der Waals surface area (Å²) in [4.78, 5) is 2.30. The van der Waals surface area contributed by atoms with Crippen LogP contribution in [0.4, 0.5) is 5.69 Å². The van der Waals surface area contributed by atoms with E-state index in [2.05, 4.69) is 44.0 Å². The molecule has 3 heteroatoms. The second-order valence-corrected chi connectivity index (χ2v) is 5.03. The van der Waals surface area contributed by atoms with Gasteiger partial charge in [-0.05, 0) is 36.6 Å². The summed E-state index contributed by atoms with van der Waals surface area (Å²) in [5, 5.41) is 0. The maximum absolute atomic E-state index is 5.80. The van der Waals surface area contributed by atoms with Crippen molar-refractivity contribution in [3.05, 3.63) is 23.8 Å². The Bertz CT molecular complexity index is 390. The van der Waals surface area contributed by atoms with Crippen LogP contribution in [0.1, 0.15) is 31.7 Å². The van der Waals surface area contributed by atoms with Crippen LogP contribution in [0, 0.1) is 0 Å². The summed E-state index contributed by atoms with van der Waals surface area (Å²) < 4.78 is 5.80. The molecule has 0 aliphatic carbocycles. The van der Waals surface area contributed by atoms with Gasteiger partial charge in [0.2, 0.25) is 0 Å². The second-order valence-electron chi connectivity index (χ2n) is 5.03. The first-order chi connectivity index (χ1) is 8.13. The summed E-state index contributed by atoms with van der Waals surface area (Å²) in [5.74, 6) is 1.54. The quantitative estimate of drug-likeness (QED) is 0.872. The predicted molar refractivity (Wildman–Crippen MR) is 71.9 cm³/mol. The minimum absolute atomic E-state index is 0.398. The van der Waals surface area contributed by atoms with Crippen molar-refractivity contribution in [1.82, 2.24) is 0 Å². The van der Waals surface area contributed by atoms with Crippen LogP contribution in [0.2, 0.25) is 0 Å². The second kappa shape index (κ2) is 4.96. The molecule has 1 atom stereocenters. The van der Waals surface area contributed by atoms with Gasteiger partial charge in [0.25, 0.3) is 0 Å². The first-order valence-corrected chi connectivity index (χ1v) is 6.33. The number of nitrogens with two attached hydrogens (primary N) is 1. The number of nitrogens with zero attached hydrogens (tertiary/aromatic N) is 1. The van der Waals surface area contributed by atoms with Crippen molar-refractivity contribution in [3.8, 4) is 5.75 Å². The lowest BCUT2D eigenvalue weighted by molar-refractivity contribution is 0.261. The fourth-order valence-electron chi connectivity index (χ4n) is 2.26. The molecule has 1 heterocycles. The van der Waals surface area contributed by atoms with Crippen LogP contribution in [-0.4, -0.2) is 26.2 Å². The third-order valence-corrected chi connectivity index (χ3v) is 3.51. The first-order valence-electron chi connectivity index (χ1n) is 6.33. The summed E-state index contributed by atoms with van der Waals surface area (Å²) in [6.45, 7) is 5.87. The molecule has 0 spiro atoms. The van der Waals surface area contributed by atoms with Gasteiger partial charge < -0.3 is 15.4 Å². The molecule has 1 unspecified atom stereocenters. The maximum Gasteiger partial charge on any atom is 0.142 e. The molecule has 17 heavy (non-hydrogen) atoms. The number of anilines is 1. The van der Waals surface area contributed by atoms with E-state index in [-0.39, 0.29) is 0 Å². The lowest BCUT2D eigenvalue weighted by Crippen LogP contribution is -2.41. The molecule has 0 fully saturated rings. The minimum atomic E-state index is 0.398. The van der Waals surface area contributed by atoms with Gasteiger partial charge in [-0.25, -0.2) is 0 Å². The number of hydrogen-bond donors (Lipinski definition) is 1. The Labute approximate surface area is 104 Å². The van der Waals surface area contributed by atoms with Gasteiger partial charge in [-0.2, -0.15) is 0 Å². The van der Waals surface area contributed by atoms with Crippen molar-refractivity contribution >= 4 is 5.69 Å². The Morgan fingerprint density at radius 1 is 1.47 bits per heavy atom. The third kappa shape index (κ3) is 2.39. The van der Waals surface area contributed by atoms with Gasteiger partial charge in [-0.3, -0.25) is 0 Å². The van der Waals surface area contributed by atoms with Crippen LogP contribution in [0.25, 0.3) is 0 Å². The van der Waals surface area contributed by atoms with E-state index in [1.54, 1.807) is 0 Å². The highest BCUT2D eigenvalue weighted by Crippen LogP contribution is 2.35. The Balaban J connectivity index is 2.29. The predicted octanol–water partition coefficient (Wildman–Crippen LogP) is 2.36. The Morgan fingerprint density at radius 3 is 2.88 bits per heavy atom. The number of fused-ring (bicyclic) bond motifs is 1. The van der Waals surface area contributed by atoms with Crippen LogP contribution in [0.5, 0.6) is 5.75 Å². The van der Waals surface area contributed by atoms with Gasteiger partial charge >= 0.3 is 0 Å². The molecule has 0 saturated carbocycles. The smallest absolute Gasteiger partial charge is 0.142 e. The molecular formula is C14H22N2O. The average Bonchev–Trinajstić information content (AvgIpc) is 2.32. The zero-order valence-electron chi connectivity index (χ0n) is 10.9. The van der Waals surface area contributed by atoms with E-state index in [9.17, 15) is 0 Å². The Kier molecular flexibility index (Phi) is 3.57. The molecule has 1 aromatic rings. The van der Waals surface area contributed by atoms with Gasteiger partial charge in [0.05, 0.1) is 11.7 Å². The highest BCUT2D eigenvalue weighted by molar-refractivity contribution is 5.62. The molecule has 1 aliphatic rings. The highest BCUT2D eigenvalue weighted by Gasteiger charge is 2.24. The van der Waals surface area contributed by atoms with Crippen LogP contribution in [0.3, 0.4) is 0 Å². The average molecular weight is 234 g/mol. The molecule has 2 N–H and O–H groups in total. The van der Waals surface area contributed by atoms with Crippen LogP contribution < -0.4 is 15.4 Å². The lowest BCUT2D eigenvalue weighted by Gasteiger charge is -2.36. The minimum Gasteiger partial charge on any atom is -0.489 e. The van der Waals surface area contributed by atoms with Gasteiger partial charge in [0.15, 0.2) is 0 Å². The number of hydrogen-bond acceptors (Lipinski definition) is 3. The van der Waals surface area contributed by atoms with E-state index < -0.39 is 0 Å². The van der Waals surface area contributed by atoms with Gasteiger partial charge in [-0.1, -0.05) is 19.9 Å². The van der Waals surface area contributed by atoms with Crippen molar-refractivity contribution in [1.29, 1.82) is 0 Å². The zero-order chi connectivity index (χ0) is 12.4. The standard InChI is InChI=1S/C14H22N2O/c1-10(2)11-4-5-14-13(8-11)16(3)12(6-7-15)9-17-14/h4-5,8,10,12H,6-7,9,15H2,1-3H3. The SMILES string of the molecule is CC(C)c1ccc2c(c1)N(C)C(CCN)CO2. The van der Waals surface area contributed by atoms with E-state index >= 15 is 0 Å². The van der Waals surface area contributed by atoms with Gasteiger partial charge in [-0.15, -0.1) is 0 Å². The van der Waals surface area contributed by atoms with E-state index in [4.69, 9.17) is 10.5 Å². The van der Waals surface area contributed by atoms with Crippen molar-refractivity contribution in [3.63, 3.8) is 0 Å². The lowest BCUT2D eigenvalue weighted by atomic mass is 10.0. The molecule has 0 amide bonds. The third-order valence-electron chi connectivity index (χ3n) is 3.51. The molecule has 1 aromatic carbocycles. The van der Waals surface area contributed by atoms with E-state index in [0.717, 1.165) is 18.8 Å². The van der Waals surface area contributed by atoms with Crippen LogP contribution >= 0.6 is 0 Å². The van der Waals surface area contributed by atoms with Crippen molar-refractivity contribution in [2.45, 2.75) is 32.2 Å². The first kappa shape index (κ1) is 12.2. The molecule has 0 saturated heterocycles. The summed E-state index contributed by atoms with van der Waals surface area (Å²) in [6.07, 6.45) is 0.974. The normalized spacial score (nSPS) is 19.1. The van der Waals surface area contributed by atoms with Crippen molar-refractivity contribution < 1.29 is 4.74 Å². The van der Waals surface area contributed by atoms with Gasteiger partial charge in [0, 0.05) is 7.05 Å². The zero-order valence-corrected chi connectivity index (χ0v) is 10.9. The molecule has 0 bridgehead atoms. The molecule has 94 valence electrons. The van der Waals surface area contributed by atoms with E-state index in [0.29, 0.717) is 18.5 Å². The van der Waals surface area contributed by atoms with Crippen molar-refractivity contribution in [2.75, 3.05) is 25.1 Å². The summed E-state index contributed by atoms with van der Waals surface area (Å²) in [5.41, 5.74) is 8.19. The summed E-state index contributed by atoms with van der Waals surface area (Å²) in [6, 6.07) is 6.87. The number of benzene rings is 1. The molecule has 1 aliphatic heterocycles. The molecule has 3 nitrogen and oxygen atoms in total. The molecule has 2 rings (SSSR count). The van der Waals surface area contributed by atoms with E-state index in [1.165, 1.54) is 11.3 Å². The highest BCUT2D eigenvalue weighted by atomic mass is 16.5.